The van der Waals surface area contributed by atoms with Gasteiger partial charge in [0.1, 0.15) is 11.0 Å². The molecule has 0 unspecified atom stereocenters. The standard InChI is InChI=1S/C27H32ClN7/c1-18-23(25(28)35(33-18)21-9-5-4-6-10-21)17-29-19-13-15-20(16-14-19)30-27-31-24-12-8-7-11-22(24)26(32-27)34(2)3/h4-12,19-20,29H,13-17H2,1-3H3,(H,30,31,32)/t19-,20+. The third kappa shape index (κ3) is 5.11. The Bertz CT molecular complexity index is 1290. The zero-order valence-corrected chi connectivity index (χ0v) is 21.3. The fraction of sp³-hybridized carbons (Fsp3) is 0.370. The molecule has 0 atom stereocenters. The van der Waals surface area contributed by atoms with Crippen LogP contribution in [0, 0.1) is 6.92 Å². The van der Waals surface area contributed by atoms with E-state index in [1.54, 1.807) is 0 Å². The average Bonchev–Trinajstić information content (AvgIpc) is 3.16. The molecule has 1 aliphatic rings. The minimum Gasteiger partial charge on any atom is -0.362 e. The van der Waals surface area contributed by atoms with E-state index in [1.807, 2.05) is 79.1 Å². The molecule has 182 valence electrons. The van der Waals surface area contributed by atoms with E-state index in [9.17, 15) is 0 Å². The zero-order chi connectivity index (χ0) is 24.4. The normalized spacial score (nSPS) is 18.1. The van der Waals surface area contributed by atoms with Crippen LogP contribution >= 0.6 is 11.6 Å². The van der Waals surface area contributed by atoms with Crippen LogP contribution in [0.2, 0.25) is 5.15 Å². The zero-order valence-electron chi connectivity index (χ0n) is 20.5. The summed E-state index contributed by atoms with van der Waals surface area (Å²) in [6.07, 6.45) is 4.33. The van der Waals surface area contributed by atoms with Crippen molar-refractivity contribution in [3.05, 3.63) is 71.0 Å². The maximum Gasteiger partial charge on any atom is 0.225 e. The molecule has 1 saturated carbocycles. The highest BCUT2D eigenvalue weighted by Gasteiger charge is 2.23. The van der Waals surface area contributed by atoms with Gasteiger partial charge in [0.2, 0.25) is 5.95 Å². The molecule has 2 aromatic heterocycles. The number of hydrogen-bond donors (Lipinski definition) is 2. The minimum absolute atomic E-state index is 0.371. The van der Waals surface area contributed by atoms with E-state index in [0.29, 0.717) is 23.2 Å². The number of halogens is 1. The van der Waals surface area contributed by atoms with Crippen molar-refractivity contribution in [2.75, 3.05) is 24.3 Å². The van der Waals surface area contributed by atoms with Gasteiger partial charge in [-0.2, -0.15) is 10.1 Å². The van der Waals surface area contributed by atoms with Crippen LogP contribution in [0.1, 0.15) is 36.9 Å². The summed E-state index contributed by atoms with van der Waals surface area (Å²) in [6, 6.07) is 19.0. The first-order chi connectivity index (χ1) is 17.0. The van der Waals surface area contributed by atoms with E-state index in [-0.39, 0.29) is 0 Å². The molecule has 1 aliphatic carbocycles. The maximum absolute atomic E-state index is 6.70. The van der Waals surface area contributed by atoms with Gasteiger partial charge in [0.25, 0.3) is 0 Å². The smallest absolute Gasteiger partial charge is 0.225 e. The van der Waals surface area contributed by atoms with Crippen LogP contribution in [0.3, 0.4) is 0 Å². The summed E-state index contributed by atoms with van der Waals surface area (Å²) < 4.78 is 1.82. The summed E-state index contributed by atoms with van der Waals surface area (Å²) in [5, 5.41) is 13.7. The van der Waals surface area contributed by atoms with E-state index >= 15 is 0 Å². The van der Waals surface area contributed by atoms with Gasteiger partial charge in [-0.3, -0.25) is 0 Å². The lowest BCUT2D eigenvalue weighted by Gasteiger charge is -2.30. The largest absolute Gasteiger partial charge is 0.362 e. The lowest BCUT2D eigenvalue weighted by atomic mass is 9.91. The molecule has 8 heteroatoms. The van der Waals surface area contributed by atoms with Crippen LogP contribution in [0.4, 0.5) is 11.8 Å². The summed E-state index contributed by atoms with van der Waals surface area (Å²) in [5.41, 5.74) is 3.97. The van der Waals surface area contributed by atoms with Gasteiger partial charge in [-0.1, -0.05) is 41.9 Å². The Morgan fingerprint density at radius 2 is 1.63 bits per heavy atom. The predicted molar refractivity (Wildman–Crippen MR) is 144 cm³/mol. The van der Waals surface area contributed by atoms with Crippen molar-refractivity contribution in [1.29, 1.82) is 0 Å². The molecule has 1 fully saturated rings. The number of para-hydroxylation sites is 2. The first-order valence-corrected chi connectivity index (χ1v) is 12.6. The first kappa shape index (κ1) is 23.6. The molecule has 0 spiro atoms. The van der Waals surface area contributed by atoms with Crippen LogP contribution in [0.5, 0.6) is 0 Å². The summed E-state index contributed by atoms with van der Waals surface area (Å²) in [7, 11) is 4.04. The highest BCUT2D eigenvalue weighted by atomic mass is 35.5. The summed E-state index contributed by atoms with van der Waals surface area (Å²) in [5.74, 6) is 1.65. The van der Waals surface area contributed by atoms with E-state index < -0.39 is 0 Å². The van der Waals surface area contributed by atoms with E-state index in [2.05, 4.69) is 21.8 Å². The molecule has 0 radical (unpaired) electrons. The molecule has 0 bridgehead atoms. The molecule has 0 amide bonds. The summed E-state index contributed by atoms with van der Waals surface area (Å²) in [6.45, 7) is 2.74. The van der Waals surface area contributed by atoms with Gasteiger partial charge in [-0.15, -0.1) is 0 Å². The average molecular weight is 490 g/mol. The molecule has 0 saturated heterocycles. The second-order valence-electron chi connectivity index (χ2n) is 9.46. The number of nitrogens with zero attached hydrogens (tertiary/aromatic N) is 5. The minimum atomic E-state index is 0.371. The highest BCUT2D eigenvalue weighted by Crippen LogP contribution is 2.27. The molecule has 7 nitrogen and oxygen atoms in total. The van der Waals surface area contributed by atoms with Crippen LogP contribution in [0.25, 0.3) is 16.6 Å². The van der Waals surface area contributed by atoms with Gasteiger partial charge in [-0.25, -0.2) is 9.67 Å². The second-order valence-corrected chi connectivity index (χ2v) is 9.82. The number of fused-ring (bicyclic) bond motifs is 1. The van der Waals surface area contributed by atoms with Crippen molar-refractivity contribution < 1.29 is 0 Å². The molecular weight excluding hydrogens is 458 g/mol. The van der Waals surface area contributed by atoms with Gasteiger partial charge in [0, 0.05) is 43.7 Å². The number of aryl methyl sites for hydroxylation is 1. The van der Waals surface area contributed by atoms with Crippen LogP contribution in [-0.2, 0) is 6.54 Å². The Hall–Kier alpha value is -3.16. The highest BCUT2D eigenvalue weighted by molar-refractivity contribution is 6.30. The van der Waals surface area contributed by atoms with Crippen molar-refractivity contribution in [1.82, 2.24) is 25.1 Å². The Balaban J connectivity index is 1.19. The Labute approximate surface area is 211 Å². The molecule has 4 aromatic rings. The fourth-order valence-corrected chi connectivity index (χ4v) is 5.15. The molecule has 2 heterocycles. The van der Waals surface area contributed by atoms with Crippen molar-refractivity contribution in [3.63, 3.8) is 0 Å². The van der Waals surface area contributed by atoms with Gasteiger partial charge in [-0.05, 0) is 56.9 Å². The van der Waals surface area contributed by atoms with E-state index in [0.717, 1.165) is 65.9 Å². The van der Waals surface area contributed by atoms with Crippen LogP contribution < -0.4 is 15.5 Å². The molecular formula is C27H32ClN7. The molecule has 2 N–H and O–H groups in total. The fourth-order valence-electron chi connectivity index (χ4n) is 4.81. The Morgan fingerprint density at radius 3 is 2.37 bits per heavy atom. The monoisotopic (exact) mass is 489 g/mol. The number of benzene rings is 2. The third-order valence-corrected chi connectivity index (χ3v) is 7.15. The van der Waals surface area contributed by atoms with Gasteiger partial charge >= 0.3 is 0 Å². The van der Waals surface area contributed by atoms with Crippen LogP contribution in [-0.4, -0.2) is 45.9 Å². The number of hydrogen-bond acceptors (Lipinski definition) is 6. The third-order valence-electron chi connectivity index (χ3n) is 6.76. The second kappa shape index (κ2) is 10.2. The van der Waals surface area contributed by atoms with E-state index in [1.165, 1.54) is 0 Å². The van der Waals surface area contributed by atoms with E-state index in [4.69, 9.17) is 21.6 Å². The maximum atomic E-state index is 6.70. The summed E-state index contributed by atoms with van der Waals surface area (Å²) >= 11 is 6.70. The molecule has 0 aliphatic heterocycles. The SMILES string of the molecule is Cc1nn(-c2ccccc2)c(Cl)c1CN[C@H]1CC[C@@H](Nc2nc(N(C)C)c3ccccc3n2)CC1. The number of aromatic nitrogens is 4. The van der Waals surface area contributed by atoms with Gasteiger partial charge in [0.15, 0.2) is 0 Å². The Kier molecular flexibility index (Phi) is 6.88. The van der Waals surface area contributed by atoms with Crippen molar-refractivity contribution in [2.45, 2.75) is 51.2 Å². The van der Waals surface area contributed by atoms with Crippen LogP contribution in [0.15, 0.2) is 54.6 Å². The first-order valence-electron chi connectivity index (χ1n) is 12.2. The molecule has 35 heavy (non-hydrogen) atoms. The van der Waals surface area contributed by atoms with Gasteiger partial charge in [0.05, 0.1) is 16.9 Å². The van der Waals surface area contributed by atoms with Crippen molar-refractivity contribution in [2.24, 2.45) is 0 Å². The molecule has 5 rings (SSSR count). The number of anilines is 2. The lowest BCUT2D eigenvalue weighted by Crippen LogP contribution is -2.37. The van der Waals surface area contributed by atoms with Gasteiger partial charge < -0.3 is 15.5 Å². The lowest BCUT2D eigenvalue weighted by molar-refractivity contribution is 0.352. The van der Waals surface area contributed by atoms with Crippen molar-refractivity contribution in [3.8, 4) is 5.69 Å². The number of rotatable bonds is 7. The molecule has 2 aromatic carbocycles. The Morgan fingerprint density at radius 1 is 0.943 bits per heavy atom. The quantitative estimate of drug-likeness (QED) is 0.364. The van der Waals surface area contributed by atoms with Crippen molar-refractivity contribution >= 4 is 34.3 Å². The summed E-state index contributed by atoms with van der Waals surface area (Å²) in [4.78, 5) is 11.6. The predicted octanol–water partition coefficient (Wildman–Crippen LogP) is 5.36. The topological polar surface area (TPSA) is 70.9 Å². The number of nitrogens with one attached hydrogen (secondary N) is 2.